The molecule has 29 heavy (non-hydrogen) atoms. The van der Waals surface area contributed by atoms with Gasteiger partial charge in [0.15, 0.2) is 0 Å². The highest BCUT2D eigenvalue weighted by atomic mass is 79.9. The average Bonchev–Trinajstić information content (AvgIpc) is 2.70. The number of hydrogen-bond acceptors (Lipinski definition) is 7. The van der Waals surface area contributed by atoms with Gasteiger partial charge >= 0.3 is 0 Å². The Bertz CT molecular complexity index is 1020. The van der Waals surface area contributed by atoms with E-state index in [0.29, 0.717) is 21.5 Å². The molecule has 0 aliphatic carbocycles. The van der Waals surface area contributed by atoms with E-state index in [1.165, 1.54) is 0 Å². The lowest BCUT2D eigenvalue weighted by atomic mass is 10.1. The summed E-state index contributed by atoms with van der Waals surface area (Å²) in [7, 11) is 0. The molecule has 8 heteroatoms. The third kappa shape index (κ3) is 5.36. The van der Waals surface area contributed by atoms with E-state index in [1.807, 2.05) is 39.8 Å². The molecule has 0 spiro atoms. The van der Waals surface area contributed by atoms with Gasteiger partial charge in [-0.25, -0.2) is 0 Å². The van der Waals surface area contributed by atoms with Gasteiger partial charge in [0.2, 0.25) is 11.8 Å². The molecule has 1 aromatic heterocycles. The second-order valence-electron chi connectivity index (χ2n) is 5.95. The lowest BCUT2D eigenvalue weighted by Gasteiger charge is -2.15. The van der Waals surface area contributed by atoms with Crippen LogP contribution in [0.5, 0.6) is 11.6 Å². The summed E-state index contributed by atoms with van der Waals surface area (Å²) < 4.78 is 6.47. The Labute approximate surface area is 178 Å². The van der Waals surface area contributed by atoms with Crippen molar-refractivity contribution in [3.05, 3.63) is 57.6 Å². The van der Waals surface area contributed by atoms with Gasteiger partial charge in [0, 0.05) is 11.4 Å². The normalized spacial score (nSPS) is 9.79. The van der Waals surface area contributed by atoms with Gasteiger partial charge in [-0.15, -0.1) is 0 Å². The summed E-state index contributed by atoms with van der Waals surface area (Å²) in [5, 5.41) is 11.9. The molecule has 0 amide bonds. The molecule has 3 rings (SSSR count). The maximum Gasteiger partial charge on any atom is 0.240 e. The Morgan fingerprint density at radius 2 is 1.62 bits per heavy atom. The third-order valence-electron chi connectivity index (χ3n) is 3.80. The molecule has 0 saturated carbocycles. The standard InChI is InChI=1S/C19H17BrN6O.C2H6/c1-10-7-13(22)8-11(2)16(10)27-18-15(20)17(23)25-19(26-18)24-14-5-3-12(9-21)4-6-14;1-2/h3-8H,22H2,1-2H3,(H3,23,24,25,26);1-2H3. The first kappa shape index (κ1) is 22.0. The zero-order valence-electron chi connectivity index (χ0n) is 16.7. The fraction of sp³-hybridized carbons (Fsp3) is 0.190. The van der Waals surface area contributed by atoms with Crippen LogP contribution in [-0.2, 0) is 0 Å². The Morgan fingerprint density at radius 1 is 1.03 bits per heavy atom. The van der Waals surface area contributed by atoms with E-state index in [9.17, 15) is 0 Å². The van der Waals surface area contributed by atoms with Crippen LogP contribution in [0.4, 0.5) is 23.1 Å². The first-order valence-corrected chi connectivity index (χ1v) is 9.81. The molecule has 0 atom stereocenters. The number of benzene rings is 2. The fourth-order valence-corrected chi connectivity index (χ4v) is 2.82. The van der Waals surface area contributed by atoms with E-state index in [4.69, 9.17) is 21.5 Å². The number of nitrogens with two attached hydrogens (primary N) is 2. The van der Waals surface area contributed by atoms with Crippen LogP contribution in [0.25, 0.3) is 0 Å². The van der Waals surface area contributed by atoms with Gasteiger partial charge in [-0.1, -0.05) is 13.8 Å². The van der Waals surface area contributed by atoms with Gasteiger partial charge in [0.1, 0.15) is 16.0 Å². The third-order valence-corrected chi connectivity index (χ3v) is 4.54. The zero-order valence-corrected chi connectivity index (χ0v) is 18.3. The van der Waals surface area contributed by atoms with Crippen molar-refractivity contribution in [2.75, 3.05) is 16.8 Å². The molecule has 0 radical (unpaired) electrons. The van der Waals surface area contributed by atoms with E-state index in [-0.39, 0.29) is 17.6 Å². The van der Waals surface area contributed by atoms with Crippen LogP contribution in [0.15, 0.2) is 40.9 Å². The molecule has 150 valence electrons. The number of ether oxygens (including phenoxy) is 1. The molecule has 0 saturated heterocycles. The zero-order chi connectivity index (χ0) is 21.6. The highest BCUT2D eigenvalue weighted by Crippen LogP contribution is 2.36. The van der Waals surface area contributed by atoms with Gasteiger partial charge in [-0.05, 0) is 77.3 Å². The van der Waals surface area contributed by atoms with Crippen LogP contribution in [0.1, 0.15) is 30.5 Å². The second kappa shape index (κ2) is 9.75. The van der Waals surface area contributed by atoms with Crippen molar-refractivity contribution in [1.29, 1.82) is 5.26 Å². The number of rotatable bonds is 4. The quantitative estimate of drug-likeness (QED) is 0.447. The van der Waals surface area contributed by atoms with Crippen molar-refractivity contribution in [2.24, 2.45) is 0 Å². The Morgan fingerprint density at radius 3 is 2.17 bits per heavy atom. The van der Waals surface area contributed by atoms with Crippen LogP contribution in [0.2, 0.25) is 0 Å². The highest BCUT2D eigenvalue weighted by molar-refractivity contribution is 9.10. The summed E-state index contributed by atoms with van der Waals surface area (Å²) in [6, 6.07) is 12.6. The van der Waals surface area contributed by atoms with Gasteiger partial charge in [0.25, 0.3) is 0 Å². The van der Waals surface area contributed by atoms with E-state index >= 15 is 0 Å². The van der Waals surface area contributed by atoms with Crippen molar-refractivity contribution in [2.45, 2.75) is 27.7 Å². The topological polar surface area (TPSA) is 123 Å². The maximum absolute atomic E-state index is 8.88. The minimum absolute atomic E-state index is 0.238. The maximum atomic E-state index is 8.88. The summed E-state index contributed by atoms with van der Waals surface area (Å²) in [5.41, 5.74) is 15.6. The van der Waals surface area contributed by atoms with Crippen LogP contribution in [-0.4, -0.2) is 9.97 Å². The minimum Gasteiger partial charge on any atom is -0.437 e. The largest absolute Gasteiger partial charge is 0.437 e. The van der Waals surface area contributed by atoms with E-state index in [0.717, 1.165) is 16.8 Å². The molecule has 0 bridgehead atoms. The number of aryl methyl sites for hydroxylation is 2. The summed E-state index contributed by atoms with van der Waals surface area (Å²) in [6.07, 6.45) is 0. The summed E-state index contributed by atoms with van der Waals surface area (Å²) in [5.74, 6) is 1.46. The van der Waals surface area contributed by atoms with E-state index in [1.54, 1.807) is 24.3 Å². The molecular formula is C21H23BrN6O. The Kier molecular flexibility index (Phi) is 7.39. The Hall–Kier alpha value is -3.31. The Balaban J connectivity index is 0.00000145. The molecule has 0 aliphatic rings. The number of nitrogens with zero attached hydrogens (tertiary/aromatic N) is 3. The monoisotopic (exact) mass is 454 g/mol. The van der Waals surface area contributed by atoms with Crippen molar-refractivity contribution < 1.29 is 4.74 Å². The fourth-order valence-electron chi connectivity index (χ4n) is 2.57. The summed E-state index contributed by atoms with van der Waals surface area (Å²) in [6.45, 7) is 7.82. The van der Waals surface area contributed by atoms with Crippen LogP contribution in [0, 0.1) is 25.2 Å². The lowest BCUT2D eigenvalue weighted by molar-refractivity contribution is 0.453. The predicted octanol–water partition coefficient (Wildman–Crippen LogP) is 5.45. The number of nitriles is 1. The minimum atomic E-state index is 0.238. The number of hydrogen-bond donors (Lipinski definition) is 3. The molecule has 0 unspecified atom stereocenters. The molecule has 0 fully saturated rings. The van der Waals surface area contributed by atoms with E-state index in [2.05, 4.69) is 37.3 Å². The smallest absolute Gasteiger partial charge is 0.240 e. The molecule has 5 N–H and O–H groups in total. The van der Waals surface area contributed by atoms with Crippen molar-refractivity contribution in [3.8, 4) is 17.7 Å². The number of nitrogens with one attached hydrogen (secondary N) is 1. The second-order valence-corrected chi connectivity index (χ2v) is 6.74. The van der Waals surface area contributed by atoms with Crippen LogP contribution < -0.4 is 21.5 Å². The first-order valence-electron chi connectivity index (χ1n) is 9.02. The van der Waals surface area contributed by atoms with Gasteiger partial charge in [-0.3, -0.25) is 0 Å². The molecule has 7 nitrogen and oxygen atoms in total. The number of aromatic nitrogens is 2. The van der Waals surface area contributed by atoms with Crippen LogP contribution in [0.3, 0.4) is 0 Å². The van der Waals surface area contributed by atoms with Gasteiger partial charge in [-0.2, -0.15) is 15.2 Å². The summed E-state index contributed by atoms with van der Waals surface area (Å²) >= 11 is 3.38. The number of nitrogen functional groups attached to an aromatic ring is 2. The van der Waals surface area contributed by atoms with Crippen molar-refractivity contribution >= 4 is 39.1 Å². The molecular weight excluding hydrogens is 432 g/mol. The van der Waals surface area contributed by atoms with Gasteiger partial charge < -0.3 is 21.5 Å². The first-order chi connectivity index (χ1) is 13.9. The predicted molar refractivity (Wildman–Crippen MR) is 120 cm³/mol. The van der Waals surface area contributed by atoms with Crippen molar-refractivity contribution in [3.63, 3.8) is 0 Å². The highest BCUT2D eigenvalue weighted by Gasteiger charge is 2.15. The average molecular weight is 455 g/mol. The molecule has 2 aromatic carbocycles. The van der Waals surface area contributed by atoms with E-state index < -0.39 is 0 Å². The molecule has 1 heterocycles. The molecule has 3 aromatic rings. The number of halogens is 1. The van der Waals surface area contributed by atoms with Gasteiger partial charge in [0.05, 0.1) is 11.6 Å². The number of anilines is 4. The lowest BCUT2D eigenvalue weighted by Crippen LogP contribution is -2.04. The SMILES string of the molecule is CC.Cc1cc(N)cc(C)c1Oc1nc(Nc2ccc(C#N)cc2)nc(N)c1Br. The van der Waals surface area contributed by atoms with Crippen LogP contribution >= 0.6 is 15.9 Å². The van der Waals surface area contributed by atoms with Crippen molar-refractivity contribution in [1.82, 2.24) is 9.97 Å². The molecule has 0 aliphatic heterocycles. The summed E-state index contributed by atoms with van der Waals surface area (Å²) in [4.78, 5) is 8.62.